The van der Waals surface area contributed by atoms with Crippen molar-refractivity contribution in [3.63, 3.8) is 0 Å². The van der Waals surface area contributed by atoms with E-state index in [4.69, 9.17) is 19.9 Å². The summed E-state index contributed by atoms with van der Waals surface area (Å²) in [6, 6.07) is 6.07. The minimum atomic E-state index is -4.77. The van der Waals surface area contributed by atoms with Crippen molar-refractivity contribution in [2.24, 2.45) is 5.92 Å². The van der Waals surface area contributed by atoms with Crippen LogP contribution in [0.5, 0.6) is 0 Å². The Morgan fingerprint density at radius 2 is 1.15 bits per heavy atom. The van der Waals surface area contributed by atoms with Crippen molar-refractivity contribution in [1.29, 1.82) is 0 Å². The molecule has 13 nitrogen and oxygen atoms in total. The summed E-state index contributed by atoms with van der Waals surface area (Å²) in [4.78, 5) is 39.2. The number of rotatable bonds is 7. The number of carbonyl (C=O) groups excluding carboxylic acids is 2. The highest BCUT2D eigenvalue weighted by atomic mass is 79.9. The van der Waals surface area contributed by atoms with E-state index < -0.39 is 64.6 Å². The second-order valence-electron chi connectivity index (χ2n) is 16.5. The Morgan fingerprint density at radius 1 is 0.671 bits per heavy atom. The van der Waals surface area contributed by atoms with E-state index in [0.717, 1.165) is 87.3 Å². The van der Waals surface area contributed by atoms with Gasteiger partial charge in [0.05, 0.1) is 39.1 Å². The van der Waals surface area contributed by atoms with Crippen LogP contribution >= 0.6 is 47.8 Å². The molecule has 27 heteroatoms. The van der Waals surface area contributed by atoms with Crippen LogP contribution in [-0.4, -0.2) is 85.4 Å². The second kappa shape index (κ2) is 25.1. The molecule has 0 aliphatic carbocycles. The molecular formula is C46H44Br3F11N8O5. The Morgan fingerprint density at radius 3 is 1.63 bits per heavy atom. The van der Waals surface area contributed by atoms with Gasteiger partial charge in [0.25, 0.3) is 12.3 Å². The van der Waals surface area contributed by atoms with Gasteiger partial charge in [0.1, 0.15) is 34.3 Å². The fraction of sp³-hybridized carbons (Fsp3) is 0.435. The Balaban J connectivity index is 0.000000176. The lowest BCUT2D eigenvalue weighted by Crippen LogP contribution is -2.23. The van der Waals surface area contributed by atoms with Crippen molar-refractivity contribution in [3.8, 4) is 0 Å². The van der Waals surface area contributed by atoms with E-state index in [1.165, 1.54) is 16.7 Å². The second-order valence-corrected chi connectivity index (χ2v) is 18.8. The van der Waals surface area contributed by atoms with Gasteiger partial charge < -0.3 is 34.1 Å². The molecule has 3 aliphatic heterocycles. The predicted molar refractivity (Wildman–Crippen MR) is 255 cm³/mol. The molecule has 3 N–H and O–H groups in total. The smallest absolute Gasteiger partial charge is 0.384 e. The van der Waals surface area contributed by atoms with Crippen molar-refractivity contribution in [2.45, 2.75) is 75.3 Å². The largest absolute Gasteiger partial charge is 0.418 e. The fourth-order valence-electron chi connectivity index (χ4n) is 7.70. The van der Waals surface area contributed by atoms with E-state index in [-0.39, 0.29) is 38.2 Å². The summed E-state index contributed by atoms with van der Waals surface area (Å²) in [6.45, 7) is 3.97. The third kappa shape index (κ3) is 15.8. The lowest BCUT2D eigenvalue weighted by Gasteiger charge is -2.19. The molecule has 6 aromatic rings. The first kappa shape index (κ1) is 57.4. The summed E-state index contributed by atoms with van der Waals surface area (Å²) in [6.07, 6.45) is -4.53. The van der Waals surface area contributed by atoms with E-state index in [2.05, 4.69) is 73.0 Å². The number of anilines is 2. The van der Waals surface area contributed by atoms with E-state index in [0.29, 0.717) is 61.7 Å². The van der Waals surface area contributed by atoms with Gasteiger partial charge in [0.15, 0.2) is 0 Å². The number of Topliss-reactive ketones (excluding diaryl/α,β-unsaturated/α-hetero) is 1. The predicted octanol–water partition coefficient (Wildman–Crippen LogP) is 12.7. The number of nitrogens with zero attached hydrogens (tertiary/aromatic N) is 6. The van der Waals surface area contributed by atoms with E-state index >= 15 is 0 Å². The van der Waals surface area contributed by atoms with Gasteiger partial charge in [0, 0.05) is 97.3 Å². The Bertz CT molecular complexity index is 2830. The lowest BCUT2D eigenvalue weighted by molar-refractivity contribution is -0.139. The number of nitrogen functional groups attached to an aromatic ring is 1. The summed E-state index contributed by atoms with van der Waals surface area (Å²) in [7, 11) is 0. The zero-order valence-corrected chi connectivity index (χ0v) is 42.7. The van der Waals surface area contributed by atoms with Crippen molar-refractivity contribution in [1.82, 2.24) is 28.7 Å². The summed E-state index contributed by atoms with van der Waals surface area (Å²) in [5.74, 6) is -0.266. The average Bonchev–Trinajstić information content (AvgIpc) is 3.98. The molecule has 3 saturated heterocycles. The molecule has 73 heavy (non-hydrogen) atoms. The number of pyridine rings is 4. The van der Waals surface area contributed by atoms with Gasteiger partial charge in [0.2, 0.25) is 0 Å². The summed E-state index contributed by atoms with van der Waals surface area (Å²) >= 11 is 8.86. The number of amides is 1. The number of imidazole rings is 2. The maximum atomic E-state index is 13.6. The number of ether oxygens (including phenoxy) is 3. The number of hydrogen-bond acceptors (Lipinski definition) is 10. The molecule has 0 atom stereocenters. The Hall–Kier alpha value is -4.83. The van der Waals surface area contributed by atoms with Crippen molar-refractivity contribution >= 4 is 82.3 Å². The van der Waals surface area contributed by atoms with Crippen LogP contribution in [0, 0.1) is 5.92 Å². The number of fused-ring (bicyclic) bond motifs is 2. The average molecular weight is 1240 g/mol. The first-order valence-corrected chi connectivity index (χ1v) is 24.8. The molecule has 9 rings (SSSR count). The van der Waals surface area contributed by atoms with Gasteiger partial charge >= 0.3 is 18.5 Å². The number of aromatic nitrogens is 6. The number of nitrogens with two attached hydrogens (primary N) is 1. The highest BCUT2D eigenvalue weighted by Gasteiger charge is 2.37. The fourth-order valence-corrected chi connectivity index (χ4v) is 9.16. The standard InChI is InChI=1S/C20H17F5N4O2.C13H12BrF3N2O.C7H11BrO2.C6H4BrF3N2/c21-18(22)13-2-1-3-14(26-13)19(30)28-16-10-29-9-15(11-4-6-31-7-5-11)27-17(29)8-12(16)20(23,24)25;14-10-6-19-7-11(8-1-3-20-4-2-8)18-12(19)5-9(10)13(15,16)17;8-5-7(9)6-1-3-10-4-2-6;7-4-2-12-5(11)1-3(4)6(8,9)10/h1-3,8-11,18H,4-7H2,(H,28,30);5-8H,1-4H2;6H,1-5H2;1-2H,(H2,11,12). The molecule has 9 heterocycles. The van der Waals surface area contributed by atoms with Crippen molar-refractivity contribution in [2.75, 3.05) is 56.0 Å². The number of alkyl halides is 12. The summed E-state index contributed by atoms with van der Waals surface area (Å²) in [5, 5.41) is 2.64. The Kier molecular flexibility index (Phi) is 19.8. The van der Waals surface area contributed by atoms with Crippen LogP contribution in [-0.2, 0) is 37.5 Å². The third-order valence-corrected chi connectivity index (χ3v) is 13.3. The highest BCUT2D eigenvalue weighted by Crippen LogP contribution is 2.39. The number of hydrogen-bond donors (Lipinski definition) is 2. The lowest BCUT2D eigenvalue weighted by atomic mass is 9.97. The van der Waals surface area contributed by atoms with Crippen LogP contribution in [0.25, 0.3) is 11.3 Å². The van der Waals surface area contributed by atoms with Crippen molar-refractivity contribution in [3.05, 3.63) is 116 Å². The summed E-state index contributed by atoms with van der Waals surface area (Å²) in [5.41, 5.74) is 2.79. The molecule has 0 radical (unpaired) electrons. The maximum absolute atomic E-state index is 13.6. The van der Waals surface area contributed by atoms with Crippen LogP contribution in [0.15, 0.2) is 76.3 Å². The number of nitrogens with one attached hydrogen (secondary N) is 1. The van der Waals surface area contributed by atoms with Crippen LogP contribution in [0.2, 0.25) is 0 Å². The zero-order valence-electron chi connectivity index (χ0n) is 37.9. The molecule has 6 aromatic heterocycles. The van der Waals surface area contributed by atoms with Crippen LogP contribution in [0.3, 0.4) is 0 Å². The molecule has 0 bridgehead atoms. The highest BCUT2D eigenvalue weighted by molar-refractivity contribution is 9.11. The Labute approximate surface area is 434 Å². The number of ketones is 1. The van der Waals surface area contributed by atoms with Gasteiger partial charge in [-0.3, -0.25) is 9.59 Å². The monoisotopic (exact) mass is 1230 g/mol. The van der Waals surface area contributed by atoms with Crippen LogP contribution in [0.1, 0.15) is 101 Å². The summed E-state index contributed by atoms with van der Waals surface area (Å²) < 4.78 is 160. The molecule has 3 aliphatic rings. The molecule has 0 spiro atoms. The van der Waals surface area contributed by atoms with Gasteiger partial charge in [-0.15, -0.1) is 0 Å². The first-order valence-electron chi connectivity index (χ1n) is 22.1. The number of halogens is 14. The molecule has 0 saturated carbocycles. The molecular weight excluding hydrogens is 1190 g/mol. The molecule has 0 aromatic carbocycles. The molecule has 0 unspecified atom stereocenters. The zero-order chi connectivity index (χ0) is 53.3. The number of carbonyl (C=O) groups is 2. The van der Waals surface area contributed by atoms with E-state index in [9.17, 15) is 57.9 Å². The van der Waals surface area contributed by atoms with Gasteiger partial charge in [-0.25, -0.2) is 28.7 Å². The van der Waals surface area contributed by atoms with Gasteiger partial charge in [-0.1, -0.05) is 22.0 Å². The topological polar surface area (TPSA) is 160 Å². The van der Waals surface area contributed by atoms with E-state index in [1.54, 1.807) is 16.8 Å². The molecule has 396 valence electrons. The SMILES string of the molecule is FC(F)(F)c1cc2nc(C3CCOCC3)cn2cc1Br.Nc1cc(C(F)(F)F)c(Br)cn1.O=C(CBr)C1CCOCC1.O=C(Nc1cn2cc(C3CCOCC3)nc2cc1C(F)(F)F)c1cccc(C(F)F)n1. The minimum absolute atomic E-state index is 0.0217. The van der Waals surface area contributed by atoms with Crippen molar-refractivity contribution < 1.29 is 72.1 Å². The van der Waals surface area contributed by atoms with Crippen LogP contribution in [0.4, 0.5) is 59.8 Å². The quantitative estimate of drug-likeness (QED) is 0.116. The van der Waals surface area contributed by atoms with Gasteiger partial charge in [-0.05, 0) is 101 Å². The molecule has 3 fully saturated rings. The van der Waals surface area contributed by atoms with Gasteiger partial charge in [-0.2, -0.15) is 39.5 Å². The first-order chi connectivity index (χ1) is 34.4. The molecule has 1 amide bonds. The maximum Gasteiger partial charge on any atom is 0.418 e. The van der Waals surface area contributed by atoms with E-state index in [1.807, 2.05) is 0 Å². The minimum Gasteiger partial charge on any atom is -0.384 e. The normalized spacial score (nSPS) is 16.3. The van der Waals surface area contributed by atoms with Crippen LogP contribution < -0.4 is 11.1 Å². The third-order valence-electron chi connectivity index (χ3n) is 11.5.